The van der Waals surface area contributed by atoms with E-state index in [1.165, 1.54) is 0 Å². The molecule has 0 aliphatic rings. The van der Waals surface area contributed by atoms with Crippen molar-refractivity contribution in [1.29, 1.82) is 0 Å². The highest BCUT2D eigenvalue weighted by atomic mass is 79.9. The average molecular weight is 300 g/mol. The molecule has 78 valence electrons. The molecule has 0 aliphatic carbocycles. The molecule has 0 aliphatic heterocycles. The topological polar surface area (TPSA) is 56.2 Å². The molecule has 0 saturated heterocycles. The summed E-state index contributed by atoms with van der Waals surface area (Å²) in [6.45, 7) is 0.406. The highest BCUT2D eigenvalue weighted by molar-refractivity contribution is 9.10. The van der Waals surface area contributed by atoms with Crippen molar-refractivity contribution in [3.8, 4) is 0 Å². The van der Waals surface area contributed by atoms with Gasteiger partial charge in [-0.1, -0.05) is 15.9 Å². The third-order valence-electron chi connectivity index (χ3n) is 1.63. The number of hydrogen-bond acceptors (Lipinski definition) is 3. The average Bonchev–Trinajstić information content (AvgIpc) is 2.46. The third kappa shape index (κ3) is 2.36. The molecule has 0 radical (unpaired) electrons. The first kappa shape index (κ1) is 13.6. The molecule has 0 saturated carbocycles. The van der Waals surface area contributed by atoms with Crippen LogP contribution in [0.1, 0.15) is 5.82 Å². The molecular formula is C7H9BrCl2N4. The lowest BCUT2D eigenvalue weighted by Crippen LogP contribution is -2.01. The molecule has 0 bridgehead atoms. The quantitative estimate of drug-likeness (QED) is 0.873. The van der Waals surface area contributed by atoms with Crippen molar-refractivity contribution in [1.82, 2.24) is 14.6 Å². The van der Waals surface area contributed by atoms with Gasteiger partial charge in [0.25, 0.3) is 0 Å². The van der Waals surface area contributed by atoms with Crippen molar-refractivity contribution in [2.24, 2.45) is 5.73 Å². The summed E-state index contributed by atoms with van der Waals surface area (Å²) in [7, 11) is 0. The highest BCUT2D eigenvalue weighted by Gasteiger charge is 2.01. The second-order valence-electron chi connectivity index (χ2n) is 2.39. The molecule has 2 rings (SSSR count). The van der Waals surface area contributed by atoms with Gasteiger partial charge in [-0.2, -0.15) is 0 Å². The van der Waals surface area contributed by atoms with Gasteiger partial charge in [-0.3, -0.25) is 4.40 Å². The molecule has 7 heteroatoms. The molecule has 14 heavy (non-hydrogen) atoms. The molecule has 0 amide bonds. The predicted octanol–water partition coefficient (Wildman–Crippen LogP) is 1.79. The molecule has 0 atom stereocenters. The Kier molecular flexibility index (Phi) is 5.36. The second kappa shape index (κ2) is 5.50. The van der Waals surface area contributed by atoms with Gasteiger partial charge in [-0.05, 0) is 12.1 Å². The van der Waals surface area contributed by atoms with E-state index in [1.54, 1.807) is 0 Å². The molecule has 2 aromatic rings. The van der Waals surface area contributed by atoms with E-state index in [-0.39, 0.29) is 24.8 Å². The summed E-state index contributed by atoms with van der Waals surface area (Å²) in [4.78, 5) is 0. The van der Waals surface area contributed by atoms with E-state index >= 15 is 0 Å². The number of pyridine rings is 1. The lowest BCUT2D eigenvalue weighted by Gasteiger charge is -1.95. The van der Waals surface area contributed by atoms with Crippen LogP contribution in [0.2, 0.25) is 0 Å². The van der Waals surface area contributed by atoms with E-state index in [2.05, 4.69) is 26.1 Å². The van der Waals surface area contributed by atoms with Crippen LogP contribution in [0.5, 0.6) is 0 Å². The fourth-order valence-corrected chi connectivity index (χ4v) is 1.38. The van der Waals surface area contributed by atoms with E-state index in [9.17, 15) is 0 Å². The molecule has 2 heterocycles. The molecular weight excluding hydrogens is 291 g/mol. The van der Waals surface area contributed by atoms with E-state index in [0.717, 1.165) is 15.9 Å². The Labute approximate surface area is 102 Å². The molecule has 2 aromatic heterocycles. The van der Waals surface area contributed by atoms with Crippen LogP contribution in [0.25, 0.3) is 5.65 Å². The van der Waals surface area contributed by atoms with Gasteiger partial charge in [0, 0.05) is 10.7 Å². The van der Waals surface area contributed by atoms with Gasteiger partial charge in [0.05, 0.1) is 6.54 Å². The normalized spacial score (nSPS) is 9.29. The Morgan fingerprint density at radius 2 is 2.07 bits per heavy atom. The molecule has 2 N–H and O–H groups in total. The van der Waals surface area contributed by atoms with Crippen LogP contribution < -0.4 is 5.73 Å². The van der Waals surface area contributed by atoms with Crippen molar-refractivity contribution in [3.63, 3.8) is 0 Å². The van der Waals surface area contributed by atoms with Crippen molar-refractivity contribution in [2.75, 3.05) is 0 Å². The summed E-state index contributed by atoms with van der Waals surface area (Å²) in [6, 6.07) is 3.82. The SMILES string of the molecule is Cl.Cl.NCc1nnc2cc(Br)ccn12. The number of fused-ring (bicyclic) bond motifs is 1. The fourth-order valence-electron chi connectivity index (χ4n) is 1.05. The number of hydrogen-bond donors (Lipinski definition) is 1. The second-order valence-corrected chi connectivity index (χ2v) is 3.31. The summed E-state index contributed by atoms with van der Waals surface area (Å²) in [5, 5.41) is 7.88. The minimum absolute atomic E-state index is 0. The third-order valence-corrected chi connectivity index (χ3v) is 2.12. The zero-order valence-corrected chi connectivity index (χ0v) is 10.3. The summed E-state index contributed by atoms with van der Waals surface area (Å²) in [5.74, 6) is 0.775. The lowest BCUT2D eigenvalue weighted by atomic mass is 10.4. The van der Waals surface area contributed by atoms with Gasteiger partial charge in [0.1, 0.15) is 0 Å². The Hall–Kier alpha value is -0.360. The predicted molar refractivity (Wildman–Crippen MR) is 63.1 cm³/mol. The Bertz CT molecular complexity index is 417. The Balaban J connectivity index is 0.000000845. The summed E-state index contributed by atoms with van der Waals surface area (Å²) < 4.78 is 2.86. The zero-order chi connectivity index (χ0) is 8.55. The Morgan fingerprint density at radius 1 is 1.36 bits per heavy atom. The minimum atomic E-state index is 0. The van der Waals surface area contributed by atoms with E-state index in [0.29, 0.717) is 6.54 Å². The van der Waals surface area contributed by atoms with Crippen LogP contribution in [0.3, 0.4) is 0 Å². The maximum atomic E-state index is 5.46. The number of rotatable bonds is 1. The lowest BCUT2D eigenvalue weighted by molar-refractivity contribution is 0.882. The Morgan fingerprint density at radius 3 is 2.71 bits per heavy atom. The van der Waals surface area contributed by atoms with Crippen LogP contribution in [0.15, 0.2) is 22.8 Å². The molecule has 0 aromatic carbocycles. The van der Waals surface area contributed by atoms with Crippen molar-refractivity contribution < 1.29 is 0 Å². The number of nitrogens with two attached hydrogens (primary N) is 1. The van der Waals surface area contributed by atoms with Crippen molar-refractivity contribution >= 4 is 46.4 Å². The minimum Gasteiger partial charge on any atom is -0.324 e. The highest BCUT2D eigenvalue weighted by Crippen LogP contribution is 2.12. The van der Waals surface area contributed by atoms with Gasteiger partial charge < -0.3 is 5.73 Å². The fraction of sp³-hybridized carbons (Fsp3) is 0.143. The molecule has 4 nitrogen and oxygen atoms in total. The van der Waals surface area contributed by atoms with E-state index in [4.69, 9.17) is 5.73 Å². The van der Waals surface area contributed by atoms with Gasteiger partial charge in [0.15, 0.2) is 11.5 Å². The van der Waals surface area contributed by atoms with Crippen molar-refractivity contribution in [3.05, 3.63) is 28.6 Å². The van der Waals surface area contributed by atoms with Crippen LogP contribution in [0.4, 0.5) is 0 Å². The van der Waals surface area contributed by atoms with Crippen LogP contribution >= 0.6 is 40.7 Å². The first-order chi connectivity index (χ1) is 5.81. The molecule has 0 fully saturated rings. The van der Waals surface area contributed by atoms with Crippen molar-refractivity contribution in [2.45, 2.75) is 6.54 Å². The van der Waals surface area contributed by atoms with Crippen LogP contribution in [0, 0.1) is 0 Å². The van der Waals surface area contributed by atoms with E-state index in [1.807, 2.05) is 22.7 Å². The first-order valence-corrected chi connectivity index (χ1v) is 4.30. The van der Waals surface area contributed by atoms with Gasteiger partial charge in [-0.15, -0.1) is 35.0 Å². The number of nitrogens with zero attached hydrogens (tertiary/aromatic N) is 3. The standard InChI is InChI=1S/C7H7BrN4.2ClH/c8-5-1-2-12-6(3-5)10-11-7(12)4-9;;/h1-3H,4,9H2;2*1H. The maximum Gasteiger partial charge on any atom is 0.161 e. The molecule has 0 spiro atoms. The number of halogens is 3. The summed E-state index contributed by atoms with van der Waals surface area (Å²) in [6.07, 6.45) is 1.89. The van der Waals surface area contributed by atoms with Gasteiger partial charge in [0.2, 0.25) is 0 Å². The summed E-state index contributed by atoms with van der Waals surface area (Å²) in [5.41, 5.74) is 6.27. The first-order valence-electron chi connectivity index (χ1n) is 3.50. The smallest absolute Gasteiger partial charge is 0.161 e. The van der Waals surface area contributed by atoms with Crippen LogP contribution in [-0.4, -0.2) is 14.6 Å². The molecule has 0 unspecified atom stereocenters. The maximum absolute atomic E-state index is 5.46. The zero-order valence-electron chi connectivity index (χ0n) is 7.05. The largest absolute Gasteiger partial charge is 0.324 e. The van der Waals surface area contributed by atoms with Crippen LogP contribution in [-0.2, 0) is 6.54 Å². The van der Waals surface area contributed by atoms with Gasteiger partial charge in [-0.25, -0.2) is 0 Å². The van der Waals surface area contributed by atoms with Gasteiger partial charge >= 0.3 is 0 Å². The monoisotopic (exact) mass is 298 g/mol. The summed E-state index contributed by atoms with van der Waals surface area (Å²) >= 11 is 3.35. The number of aromatic nitrogens is 3. The van der Waals surface area contributed by atoms with E-state index < -0.39 is 0 Å².